The van der Waals surface area contributed by atoms with Gasteiger partial charge in [-0.15, -0.1) is 0 Å². The van der Waals surface area contributed by atoms with Gasteiger partial charge in [0.15, 0.2) is 6.04 Å². The Bertz CT molecular complexity index is 825. The van der Waals surface area contributed by atoms with E-state index in [1.807, 2.05) is 31.2 Å². The van der Waals surface area contributed by atoms with Crippen molar-refractivity contribution in [3.05, 3.63) is 59.1 Å². The molecule has 1 amide bonds. The molecule has 0 aromatic heterocycles. The van der Waals surface area contributed by atoms with Crippen LogP contribution in [0.2, 0.25) is 5.02 Å². The molecule has 1 atom stereocenters. The maximum atomic E-state index is 12.6. The van der Waals surface area contributed by atoms with Gasteiger partial charge in [-0.1, -0.05) is 29.8 Å². The second kappa shape index (κ2) is 8.22. The predicted octanol–water partition coefficient (Wildman–Crippen LogP) is 1.94. The summed E-state index contributed by atoms with van der Waals surface area (Å²) in [4.78, 5) is 16.1. The fourth-order valence-electron chi connectivity index (χ4n) is 3.27. The normalized spacial score (nSPS) is 16.0. The summed E-state index contributed by atoms with van der Waals surface area (Å²) in [6.07, 6.45) is 0. The summed E-state index contributed by atoms with van der Waals surface area (Å²) < 4.78 is 0. The minimum absolute atomic E-state index is 0.0566. The number of amides is 1. The number of rotatable bonds is 4. The van der Waals surface area contributed by atoms with E-state index in [0.717, 1.165) is 36.9 Å². The van der Waals surface area contributed by atoms with Crippen LogP contribution >= 0.6 is 11.6 Å². The van der Waals surface area contributed by atoms with Crippen molar-refractivity contribution in [2.24, 2.45) is 0 Å². The maximum absolute atomic E-state index is 12.6. The second-order valence-electron chi connectivity index (χ2n) is 6.49. The molecule has 6 heteroatoms. The molecular formula is C20H22ClN4O+. The van der Waals surface area contributed by atoms with Gasteiger partial charge in [-0.2, -0.15) is 5.26 Å². The van der Waals surface area contributed by atoms with Crippen molar-refractivity contribution in [1.82, 2.24) is 0 Å². The lowest BCUT2D eigenvalue weighted by Gasteiger charge is -2.36. The lowest BCUT2D eigenvalue weighted by atomic mass is 10.1. The van der Waals surface area contributed by atoms with Gasteiger partial charge in [0.1, 0.15) is 6.07 Å². The van der Waals surface area contributed by atoms with E-state index in [1.54, 1.807) is 18.2 Å². The second-order valence-corrected chi connectivity index (χ2v) is 6.93. The number of nitriles is 1. The van der Waals surface area contributed by atoms with Crippen molar-refractivity contribution >= 4 is 28.9 Å². The monoisotopic (exact) mass is 369 g/mol. The van der Waals surface area contributed by atoms with Crippen LogP contribution in [-0.2, 0) is 4.79 Å². The maximum Gasteiger partial charge on any atom is 0.282 e. The summed E-state index contributed by atoms with van der Waals surface area (Å²) in [5, 5.41) is 12.8. The van der Waals surface area contributed by atoms with E-state index in [1.165, 1.54) is 4.90 Å². The number of carbonyl (C=O) groups excluding carboxylic acids is 1. The zero-order valence-corrected chi connectivity index (χ0v) is 15.5. The van der Waals surface area contributed by atoms with Crippen LogP contribution in [0.3, 0.4) is 0 Å². The number of hydrogen-bond acceptors (Lipinski definition) is 3. The molecule has 2 N–H and O–H groups in total. The standard InChI is InChI=1S/C20H21ClN4O/c1-15(20(26)23-19-8-3-2-5-16(19)14-22)24-9-11-25(12-10-24)18-7-4-6-17(21)13-18/h2-8,13,15H,9-12H2,1H3,(H,23,26)/p+1/t15-/m1/s1. The van der Waals surface area contributed by atoms with Crippen LogP contribution in [-0.4, -0.2) is 38.1 Å². The fraction of sp³-hybridized carbons (Fsp3) is 0.300. The highest BCUT2D eigenvalue weighted by atomic mass is 35.5. The number of hydrogen-bond donors (Lipinski definition) is 2. The molecule has 1 aliphatic rings. The third-order valence-electron chi connectivity index (χ3n) is 4.89. The zero-order valence-electron chi connectivity index (χ0n) is 14.7. The highest BCUT2D eigenvalue weighted by Crippen LogP contribution is 2.19. The van der Waals surface area contributed by atoms with Gasteiger partial charge in [0.05, 0.1) is 37.4 Å². The first-order chi connectivity index (χ1) is 12.6. The smallest absolute Gasteiger partial charge is 0.282 e. The number of nitrogens with one attached hydrogen (secondary N) is 2. The van der Waals surface area contributed by atoms with Gasteiger partial charge in [0.2, 0.25) is 0 Å². The lowest BCUT2D eigenvalue weighted by molar-refractivity contribution is -0.914. The van der Waals surface area contributed by atoms with Crippen molar-refractivity contribution in [3.8, 4) is 6.07 Å². The first-order valence-electron chi connectivity index (χ1n) is 8.73. The number of carbonyl (C=O) groups is 1. The van der Waals surface area contributed by atoms with Crippen LogP contribution in [0, 0.1) is 11.3 Å². The Morgan fingerprint density at radius 2 is 1.96 bits per heavy atom. The summed E-state index contributed by atoms with van der Waals surface area (Å²) in [7, 11) is 0. The minimum Gasteiger partial charge on any atom is -0.360 e. The van der Waals surface area contributed by atoms with Gasteiger partial charge >= 0.3 is 0 Å². The molecule has 0 saturated carbocycles. The summed E-state index contributed by atoms with van der Waals surface area (Å²) in [6.45, 7) is 5.45. The highest BCUT2D eigenvalue weighted by Gasteiger charge is 2.29. The Hall–Kier alpha value is -2.55. The Morgan fingerprint density at radius 3 is 2.65 bits per heavy atom. The van der Waals surface area contributed by atoms with Gasteiger partial charge in [-0.25, -0.2) is 0 Å². The minimum atomic E-state index is -0.178. The lowest BCUT2D eigenvalue weighted by Crippen LogP contribution is -3.19. The SMILES string of the molecule is C[C@H](C(=O)Nc1ccccc1C#N)[NH+]1CCN(c2cccc(Cl)c2)CC1. The number of benzene rings is 2. The van der Waals surface area contributed by atoms with Crippen molar-refractivity contribution in [1.29, 1.82) is 5.26 Å². The molecule has 2 aromatic rings. The predicted molar refractivity (Wildman–Crippen MR) is 104 cm³/mol. The summed E-state index contributed by atoms with van der Waals surface area (Å²) in [6, 6.07) is 16.9. The zero-order chi connectivity index (χ0) is 18.5. The number of para-hydroxylation sites is 1. The molecule has 0 bridgehead atoms. The molecule has 3 rings (SSSR count). The van der Waals surface area contributed by atoms with E-state index in [2.05, 4.69) is 22.4 Å². The molecule has 0 spiro atoms. The van der Waals surface area contributed by atoms with Crippen molar-refractivity contribution < 1.29 is 9.69 Å². The average molecular weight is 370 g/mol. The number of nitrogens with zero attached hydrogens (tertiary/aromatic N) is 2. The average Bonchev–Trinajstić information content (AvgIpc) is 2.68. The van der Waals surface area contributed by atoms with E-state index in [-0.39, 0.29) is 11.9 Å². The van der Waals surface area contributed by atoms with E-state index < -0.39 is 0 Å². The van der Waals surface area contributed by atoms with Gasteiger partial charge in [-0.3, -0.25) is 4.79 Å². The molecule has 134 valence electrons. The molecule has 2 aromatic carbocycles. The Labute approximate surface area is 158 Å². The number of halogens is 1. The van der Waals surface area contributed by atoms with E-state index in [0.29, 0.717) is 11.3 Å². The van der Waals surface area contributed by atoms with E-state index >= 15 is 0 Å². The van der Waals surface area contributed by atoms with E-state index in [9.17, 15) is 4.79 Å². The van der Waals surface area contributed by atoms with Gasteiger partial charge in [0, 0.05) is 10.7 Å². The summed E-state index contributed by atoms with van der Waals surface area (Å²) in [5.74, 6) is -0.0566. The molecular weight excluding hydrogens is 348 g/mol. The fourth-order valence-corrected chi connectivity index (χ4v) is 3.46. The first-order valence-corrected chi connectivity index (χ1v) is 9.11. The molecule has 5 nitrogen and oxygen atoms in total. The van der Waals surface area contributed by atoms with Crippen molar-refractivity contribution in [3.63, 3.8) is 0 Å². The molecule has 1 saturated heterocycles. The van der Waals surface area contributed by atoms with E-state index in [4.69, 9.17) is 16.9 Å². The topological polar surface area (TPSA) is 60.6 Å². The highest BCUT2D eigenvalue weighted by molar-refractivity contribution is 6.30. The molecule has 26 heavy (non-hydrogen) atoms. The van der Waals surface area contributed by atoms with Crippen LogP contribution in [0.1, 0.15) is 12.5 Å². The summed E-state index contributed by atoms with van der Waals surface area (Å²) >= 11 is 6.08. The van der Waals surface area contributed by atoms with Crippen LogP contribution in [0.25, 0.3) is 0 Å². The van der Waals surface area contributed by atoms with Gasteiger partial charge in [0.25, 0.3) is 5.91 Å². The Kier molecular flexibility index (Phi) is 5.77. The molecule has 0 aliphatic carbocycles. The van der Waals surface area contributed by atoms with Crippen molar-refractivity contribution in [2.75, 3.05) is 36.4 Å². The quantitative estimate of drug-likeness (QED) is 0.866. The number of anilines is 2. The Balaban J connectivity index is 1.58. The van der Waals surface area contributed by atoms with Crippen LogP contribution in [0.15, 0.2) is 48.5 Å². The molecule has 0 radical (unpaired) electrons. The van der Waals surface area contributed by atoms with Crippen LogP contribution in [0.5, 0.6) is 0 Å². The van der Waals surface area contributed by atoms with Gasteiger partial charge in [-0.05, 0) is 37.3 Å². The van der Waals surface area contributed by atoms with Crippen molar-refractivity contribution in [2.45, 2.75) is 13.0 Å². The Morgan fingerprint density at radius 1 is 1.23 bits per heavy atom. The largest absolute Gasteiger partial charge is 0.360 e. The number of piperazine rings is 1. The molecule has 1 aliphatic heterocycles. The molecule has 1 fully saturated rings. The third kappa shape index (κ3) is 4.16. The number of quaternary nitrogens is 1. The van der Waals surface area contributed by atoms with Crippen LogP contribution < -0.4 is 15.1 Å². The van der Waals surface area contributed by atoms with Crippen LogP contribution in [0.4, 0.5) is 11.4 Å². The molecule has 1 heterocycles. The summed E-state index contributed by atoms with van der Waals surface area (Å²) in [5.41, 5.74) is 2.18. The third-order valence-corrected chi connectivity index (χ3v) is 5.13. The first kappa shape index (κ1) is 18.2. The van der Waals surface area contributed by atoms with Gasteiger partial charge < -0.3 is 15.1 Å². The molecule has 0 unspecified atom stereocenters.